The van der Waals surface area contributed by atoms with E-state index in [1.54, 1.807) is 30.0 Å². The van der Waals surface area contributed by atoms with E-state index in [0.29, 0.717) is 37.6 Å². The first-order valence-electron chi connectivity index (χ1n) is 8.49. The van der Waals surface area contributed by atoms with Gasteiger partial charge in [0.2, 0.25) is 0 Å². The lowest BCUT2D eigenvalue weighted by Crippen LogP contribution is -2.41. The maximum atomic E-state index is 12.7. The molecular formula is C17H19N5O4S. The van der Waals surface area contributed by atoms with E-state index < -0.39 is 10.0 Å². The molecule has 0 aromatic carbocycles. The zero-order chi connectivity index (χ0) is 19.0. The van der Waals surface area contributed by atoms with E-state index in [9.17, 15) is 13.2 Å². The van der Waals surface area contributed by atoms with E-state index in [1.165, 1.54) is 16.6 Å². The van der Waals surface area contributed by atoms with Gasteiger partial charge in [0.25, 0.3) is 10.0 Å². The molecule has 27 heavy (non-hydrogen) atoms. The molecule has 10 heteroatoms. The fourth-order valence-electron chi connectivity index (χ4n) is 3.27. The smallest absolute Gasteiger partial charge is 0.318 e. The van der Waals surface area contributed by atoms with Crippen LogP contribution in [-0.4, -0.2) is 60.0 Å². The summed E-state index contributed by atoms with van der Waals surface area (Å²) in [6, 6.07) is 6.38. The Balaban J connectivity index is 1.34. The highest BCUT2D eigenvalue weighted by Crippen LogP contribution is 2.29. The number of pyridine rings is 1. The highest BCUT2D eigenvalue weighted by Gasteiger charge is 2.38. The maximum absolute atomic E-state index is 12.7. The van der Waals surface area contributed by atoms with Crippen molar-refractivity contribution in [2.75, 3.05) is 26.2 Å². The monoisotopic (exact) mass is 389 g/mol. The second kappa shape index (κ2) is 6.78. The minimum Gasteiger partial charge on any atom is -0.361 e. The topological polar surface area (TPSA) is 109 Å². The predicted molar refractivity (Wildman–Crippen MR) is 95.1 cm³/mol. The number of aryl methyl sites for hydroxylation is 1. The van der Waals surface area contributed by atoms with Crippen LogP contribution < -0.4 is 5.32 Å². The van der Waals surface area contributed by atoms with E-state index in [0.717, 1.165) is 11.1 Å². The summed E-state index contributed by atoms with van der Waals surface area (Å²) in [4.78, 5) is 18.0. The SMILES string of the molecule is Cc1cc(CNC(=O)N2CC3=C(C2)CN(S(=O)(=O)c2ccccn2)C3)no1. The zero-order valence-corrected chi connectivity index (χ0v) is 15.6. The fraction of sp³-hybridized carbons (Fsp3) is 0.353. The Labute approximate surface area is 156 Å². The summed E-state index contributed by atoms with van der Waals surface area (Å²) in [5.74, 6) is 0.690. The maximum Gasteiger partial charge on any atom is 0.318 e. The van der Waals surface area contributed by atoms with E-state index in [4.69, 9.17) is 4.52 Å². The Morgan fingerprint density at radius 3 is 2.56 bits per heavy atom. The van der Waals surface area contributed by atoms with Gasteiger partial charge in [-0.2, -0.15) is 4.31 Å². The fourth-order valence-corrected chi connectivity index (χ4v) is 4.63. The van der Waals surface area contributed by atoms with Crippen LogP contribution in [0.2, 0.25) is 0 Å². The third-order valence-corrected chi connectivity index (χ3v) is 6.33. The lowest BCUT2D eigenvalue weighted by molar-refractivity contribution is 0.207. The van der Waals surface area contributed by atoms with Crippen LogP contribution in [0.25, 0.3) is 0 Å². The average Bonchev–Trinajstić information content (AvgIpc) is 3.35. The van der Waals surface area contributed by atoms with Crippen LogP contribution >= 0.6 is 0 Å². The molecule has 0 aliphatic carbocycles. The molecule has 142 valence electrons. The summed E-state index contributed by atoms with van der Waals surface area (Å²) in [5, 5.41) is 6.69. The average molecular weight is 389 g/mol. The standard InChI is InChI=1S/C17H19N5O4S/c1-12-6-15(20-26-12)7-19-17(23)21-8-13-10-22(11-14(13)9-21)27(24,25)16-4-2-3-5-18-16/h2-6H,7-11H2,1H3,(H,19,23). The van der Waals surface area contributed by atoms with Gasteiger partial charge in [-0.05, 0) is 30.2 Å². The summed E-state index contributed by atoms with van der Waals surface area (Å²) in [5.41, 5.74) is 2.61. The number of aromatic nitrogens is 2. The van der Waals surface area contributed by atoms with Crippen LogP contribution in [0.1, 0.15) is 11.5 Å². The van der Waals surface area contributed by atoms with Crippen LogP contribution in [0, 0.1) is 6.92 Å². The molecule has 0 radical (unpaired) electrons. The molecule has 4 heterocycles. The number of urea groups is 1. The van der Waals surface area contributed by atoms with E-state index >= 15 is 0 Å². The van der Waals surface area contributed by atoms with Crippen molar-refractivity contribution in [2.45, 2.75) is 18.5 Å². The highest BCUT2D eigenvalue weighted by molar-refractivity contribution is 7.89. The van der Waals surface area contributed by atoms with Gasteiger partial charge in [0, 0.05) is 38.4 Å². The normalized spacial score (nSPS) is 17.4. The molecule has 2 aromatic rings. The molecule has 2 aliphatic rings. The molecule has 2 aromatic heterocycles. The van der Waals surface area contributed by atoms with Gasteiger partial charge in [-0.15, -0.1) is 0 Å². The van der Waals surface area contributed by atoms with Gasteiger partial charge < -0.3 is 14.7 Å². The summed E-state index contributed by atoms with van der Waals surface area (Å²) in [6.07, 6.45) is 1.46. The first kappa shape index (κ1) is 17.7. The number of rotatable bonds is 4. The van der Waals surface area contributed by atoms with Crippen molar-refractivity contribution in [3.05, 3.63) is 53.1 Å². The van der Waals surface area contributed by atoms with Crippen molar-refractivity contribution < 1.29 is 17.7 Å². The molecule has 2 aliphatic heterocycles. The van der Waals surface area contributed by atoms with Crippen molar-refractivity contribution in [1.82, 2.24) is 24.7 Å². The van der Waals surface area contributed by atoms with Gasteiger partial charge in [-0.3, -0.25) is 0 Å². The molecule has 9 nitrogen and oxygen atoms in total. The lowest BCUT2D eigenvalue weighted by atomic mass is 10.2. The highest BCUT2D eigenvalue weighted by atomic mass is 32.2. The lowest BCUT2D eigenvalue weighted by Gasteiger charge is -2.22. The number of hydrogen-bond acceptors (Lipinski definition) is 6. The Bertz CT molecular complexity index is 981. The first-order chi connectivity index (χ1) is 12.9. The van der Waals surface area contributed by atoms with Gasteiger partial charge in [0.1, 0.15) is 11.5 Å². The number of carbonyl (C=O) groups is 1. The minimum absolute atomic E-state index is 0.0451. The van der Waals surface area contributed by atoms with Gasteiger partial charge in [0.05, 0.1) is 6.54 Å². The third-order valence-electron chi connectivity index (χ3n) is 4.62. The van der Waals surface area contributed by atoms with E-state index in [2.05, 4.69) is 15.5 Å². The molecule has 0 unspecified atom stereocenters. The first-order valence-corrected chi connectivity index (χ1v) is 9.93. The molecule has 0 saturated carbocycles. The van der Waals surface area contributed by atoms with Gasteiger partial charge in [-0.1, -0.05) is 11.2 Å². The predicted octanol–water partition coefficient (Wildman–Crippen LogP) is 0.904. The van der Waals surface area contributed by atoms with Crippen LogP contribution in [0.4, 0.5) is 4.79 Å². The summed E-state index contributed by atoms with van der Waals surface area (Å²) < 4.78 is 31.7. The number of hydrogen-bond donors (Lipinski definition) is 1. The van der Waals surface area contributed by atoms with Crippen LogP contribution in [-0.2, 0) is 16.6 Å². The van der Waals surface area contributed by atoms with E-state index in [-0.39, 0.29) is 17.6 Å². The second-order valence-corrected chi connectivity index (χ2v) is 8.48. The molecule has 0 spiro atoms. The number of nitrogens with zero attached hydrogens (tertiary/aromatic N) is 4. The van der Waals surface area contributed by atoms with E-state index in [1.807, 2.05) is 0 Å². The van der Waals surface area contributed by atoms with Crippen molar-refractivity contribution in [2.24, 2.45) is 0 Å². The van der Waals surface area contributed by atoms with Crippen LogP contribution in [0.5, 0.6) is 0 Å². The number of carbonyl (C=O) groups excluding carboxylic acids is 1. The summed E-state index contributed by atoms with van der Waals surface area (Å²) >= 11 is 0. The molecule has 1 N–H and O–H groups in total. The van der Waals surface area contributed by atoms with Crippen molar-refractivity contribution in [3.8, 4) is 0 Å². The zero-order valence-electron chi connectivity index (χ0n) is 14.8. The minimum atomic E-state index is -3.62. The van der Waals surface area contributed by atoms with Crippen molar-refractivity contribution >= 4 is 16.1 Å². The Morgan fingerprint density at radius 2 is 1.96 bits per heavy atom. The summed E-state index contributed by atoms with van der Waals surface area (Å²) in [6.45, 7) is 3.51. The molecular weight excluding hydrogens is 370 g/mol. The Hall–Kier alpha value is -2.72. The van der Waals surface area contributed by atoms with Crippen molar-refractivity contribution in [3.63, 3.8) is 0 Å². The molecule has 0 atom stereocenters. The molecule has 4 rings (SSSR count). The Kier molecular flexibility index (Phi) is 4.44. The van der Waals surface area contributed by atoms with Gasteiger partial charge >= 0.3 is 6.03 Å². The van der Waals surface area contributed by atoms with Gasteiger partial charge in [0.15, 0.2) is 5.03 Å². The van der Waals surface area contributed by atoms with Crippen LogP contribution in [0.15, 0.2) is 51.2 Å². The molecule has 2 amide bonds. The molecule has 0 bridgehead atoms. The van der Waals surface area contributed by atoms with Crippen LogP contribution in [0.3, 0.4) is 0 Å². The van der Waals surface area contributed by atoms with Crippen molar-refractivity contribution in [1.29, 1.82) is 0 Å². The molecule has 0 saturated heterocycles. The number of nitrogens with one attached hydrogen (secondary N) is 1. The third kappa shape index (κ3) is 3.45. The largest absolute Gasteiger partial charge is 0.361 e. The molecule has 0 fully saturated rings. The summed E-state index contributed by atoms with van der Waals surface area (Å²) in [7, 11) is -3.62. The quantitative estimate of drug-likeness (QED) is 0.779. The van der Waals surface area contributed by atoms with Gasteiger partial charge in [-0.25, -0.2) is 18.2 Å². The number of sulfonamides is 1. The number of amides is 2. The second-order valence-electron chi connectivity index (χ2n) is 6.59. The Morgan fingerprint density at radius 1 is 1.22 bits per heavy atom.